The number of amidine groups is 1. The smallest absolute Gasteiger partial charge is 0.216 e. The van der Waals surface area contributed by atoms with E-state index in [2.05, 4.69) is 29.5 Å². The van der Waals surface area contributed by atoms with Crippen LogP contribution in [0.3, 0.4) is 0 Å². The molecule has 0 aromatic heterocycles. The number of hydrogen-bond acceptors (Lipinski definition) is 3. The Morgan fingerprint density at radius 2 is 2.25 bits per heavy atom. The molecule has 1 saturated heterocycles. The summed E-state index contributed by atoms with van der Waals surface area (Å²) in [6, 6.07) is 0. The highest BCUT2D eigenvalue weighted by Gasteiger charge is 2.33. The Labute approximate surface area is 102 Å². The molecule has 4 nitrogen and oxygen atoms in total. The monoisotopic (exact) mass is 243 g/mol. The van der Waals surface area contributed by atoms with Crippen molar-refractivity contribution >= 4 is 22.8 Å². The Morgan fingerprint density at radius 3 is 2.75 bits per heavy atom. The largest absolute Gasteiger partial charge is 0.359 e. The van der Waals surface area contributed by atoms with E-state index < -0.39 is 0 Å². The lowest BCUT2D eigenvalue weighted by Gasteiger charge is -2.25. The van der Waals surface area contributed by atoms with Crippen molar-refractivity contribution in [1.29, 1.82) is 0 Å². The molecule has 0 radical (unpaired) electrons. The number of thioether (sulfide) groups is 1. The maximum absolute atomic E-state index is 10.7. The van der Waals surface area contributed by atoms with Crippen LogP contribution in [0.2, 0.25) is 0 Å². The van der Waals surface area contributed by atoms with Crippen LogP contribution in [0.5, 0.6) is 0 Å². The van der Waals surface area contributed by atoms with Crippen molar-refractivity contribution in [2.24, 2.45) is 4.99 Å². The number of hydrogen-bond donors (Lipinski definition) is 2. The predicted molar refractivity (Wildman–Crippen MR) is 69.9 cm³/mol. The zero-order valence-electron chi connectivity index (χ0n) is 10.3. The quantitative estimate of drug-likeness (QED) is 0.717. The van der Waals surface area contributed by atoms with Gasteiger partial charge in [0.25, 0.3) is 0 Å². The van der Waals surface area contributed by atoms with Crippen LogP contribution >= 0.6 is 11.8 Å². The van der Waals surface area contributed by atoms with Gasteiger partial charge in [-0.1, -0.05) is 25.6 Å². The molecule has 0 bridgehead atoms. The Balaban J connectivity index is 2.34. The molecule has 0 unspecified atom stereocenters. The van der Waals surface area contributed by atoms with Gasteiger partial charge in [-0.05, 0) is 12.8 Å². The summed E-state index contributed by atoms with van der Waals surface area (Å²) in [6.45, 7) is 7.20. The SMILES string of the molecule is CCC1(CC)CSC(=NCCNC(C)=O)N1. The summed E-state index contributed by atoms with van der Waals surface area (Å²) < 4.78 is 0. The first-order valence-corrected chi connectivity index (χ1v) is 6.80. The first kappa shape index (κ1) is 13.4. The molecule has 0 saturated carbocycles. The molecule has 0 aromatic rings. The van der Waals surface area contributed by atoms with Gasteiger partial charge in [0, 0.05) is 24.8 Å². The highest BCUT2D eigenvalue weighted by atomic mass is 32.2. The maximum Gasteiger partial charge on any atom is 0.216 e. The summed E-state index contributed by atoms with van der Waals surface area (Å²) >= 11 is 1.78. The van der Waals surface area contributed by atoms with Crippen LogP contribution in [0.25, 0.3) is 0 Å². The second-order valence-electron chi connectivity index (χ2n) is 4.07. The minimum Gasteiger partial charge on any atom is -0.359 e. The topological polar surface area (TPSA) is 53.5 Å². The van der Waals surface area contributed by atoms with Gasteiger partial charge in [0.2, 0.25) is 5.91 Å². The summed E-state index contributed by atoms with van der Waals surface area (Å²) in [5.74, 6) is 1.10. The van der Waals surface area contributed by atoms with Crippen molar-refractivity contribution in [3.05, 3.63) is 0 Å². The van der Waals surface area contributed by atoms with Gasteiger partial charge in [0.1, 0.15) is 0 Å². The zero-order valence-corrected chi connectivity index (χ0v) is 11.1. The molecule has 1 amide bonds. The normalized spacial score (nSPS) is 20.8. The Bertz CT molecular complexity index is 274. The number of nitrogens with zero attached hydrogens (tertiary/aromatic N) is 1. The van der Waals surface area contributed by atoms with Crippen LogP contribution < -0.4 is 10.6 Å². The van der Waals surface area contributed by atoms with Gasteiger partial charge in [-0.2, -0.15) is 0 Å². The summed E-state index contributed by atoms with van der Waals surface area (Å²) in [7, 11) is 0. The highest BCUT2D eigenvalue weighted by Crippen LogP contribution is 2.28. The number of rotatable bonds is 5. The van der Waals surface area contributed by atoms with Crippen LogP contribution in [-0.4, -0.2) is 35.5 Å². The minimum absolute atomic E-state index is 0.00342. The highest BCUT2D eigenvalue weighted by molar-refractivity contribution is 8.14. The van der Waals surface area contributed by atoms with Gasteiger partial charge < -0.3 is 10.6 Å². The molecule has 1 fully saturated rings. The molecule has 0 spiro atoms. The number of aliphatic imine (C=N–C) groups is 1. The van der Waals surface area contributed by atoms with Crippen LogP contribution in [0.15, 0.2) is 4.99 Å². The molecule has 2 N–H and O–H groups in total. The molecule has 1 heterocycles. The van der Waals surface area contributed by atoms with Gasteiger partial charge in [-0.15, -0.1) is 0 Å². The van der Waals surface area contributed by atoms with Crippen molar-refractivity contribution < 1.29 is 4.79 Å². The van der Waals surface area contributed by atoms with Crippen molar-refractivity contribution in [3.8, 4) is 0 Å². The van der Waals surface area contributed by atoms with Crippen LogP contribution in [0, 0.1) is 0 Å². The molecular formula is C11H21N3OS. The molecule has 5 heteroatoms. The summed E-state index contributed by atoms with van der Waals surface area (Å²) in [6.07, 6.45) is 2.25. The van der Waals surface area contributed by atoms with E-state index in [0.29, 0.717) is 13.1 Å². The average Bonchev–Trinajstić information content (AvgIpc) is 2.69. The summed E-state index contributed by atoms with van der Waals surface area (Å²) in [4.78, 5) is 15.1. The number of carbonyl (C=O) groups is 1. The third-order valence-corrected chi connectivity index (χ3v) is 4.15. The van der Waals surface area contributed by atoms with Gasteiger partial charge >= 0.3 is 0 Å². The fraction of sp³-hybridized carbons (Fsp3) is 0.818. The number of amides is 1. The Hall–Kier alpha value is -0.710. The molecule has 0 aliphatic carbocycles. The van der Waals surface area contributed by atoms with Crippen molar-refractivity contribution in [3.63, 3.8) is 0 Å². The van der Waals surface area contributed by atoms with E-state index in [1.54, 1.807) is 11.8 Å². The minimum atomic E-state index is 0.00342. The van der Waals surface area contributed by atoms with Crippen molar-refractivity contribution in [2.45, 2.75) is 39.2 Å². The molecule has 1 aliphatic heterocycles. The summed E-state index contributed by atoms with van der Waals surface area (Å²) in [5.41, 5.74) is 0.234. The fourth-order valence-electron chi connectivity index (χ4n) is 1.61. The lowest BCUT2D eigenvalue weighted by atomic mass is 9.96. The third kappa shape index (κ3) is 3.70. The number of carbonyl (C=O) groups excluding carboxylic acids is 1. The lowest BCUT2D eigenvalue weighted by molar-refractivity contribution is -0.118. The third-order valence-electron chi connectivity index (χ3n) is 2.95. The van der Waals surface area contributed by atoms with Gasteiger partial charge in [0.05, 0.1) is 6.54 Å². The average molecular weight is 243 g/mol. The molecule has 16 heavy (non-hydrogen) atoms. The fourth-order valence-corrected chi connectivity index (χ4v) is 2.98. The first-order valence-electron chi connectivity index (χ1n) is 5.82. The van der Waals surface area contributed by atoms with Crippen LogP contribution in [0.4, 0.5) is 0 Å². The lowest BCUT2D eigenvalue weighted by Crippen LogP contribution is -2.42. The second kappa shape index (κ2) is 6.13. The van der Waals surface area contributed by atoms with Crippen molar-refractivity contribution in [2.75, 3.05) is 18.8 Å². The standard InChI is InChI=1S/C11H21N3OS/c1-4-11(5-2)8-16-10(14-11)13-7-6-12-9(3)15/h4-8H2,1-3H3,(H,12,15)(H,13,14). The van der Waals surface area contributed by atoms with E-state index >= 15 is 0 Å². The zero-order chi connectivity index (χ0) is 12.0. The Morgan fingerprint density at radius 1 is 1.56 bits per heavy atom. The second-order valence-corrected chi connectivity index (χ2v) is 5.03. The Kier molecular flexibility index (Phi) is 5.12. The first-order chi connectivity index (χ1) is 7.62. The van der Waals surface area contributed by atoms with E-state index in [-0.39, 0.29) is 11.4 Å². The van der Waals surface area contributed by atoms with E-state index in [1.807, 2.05) is 0 Å². The molecule has 0 atom stereocenters. The van der Waals surface area contributed by atoms with Crippen LogP contribution in [-0.2, 0) is 4.79 Å². The molecule has 1 aliphatic rings. The van der Waals surface area contributed by atoms with E-state index in [1.165, 1.54) is 6.92 Å². The van der Waals surface area contributed by atoms with E-state index in [0.717, 1.165) is 23.8 Å². The molecule has 0 aromatic carbocycles. The molecule has 92 valence electrons. The molecule has 1 rings (SSSR count). The maximum atomic E-state index is 10.7. The predicted octanol–water partition coefficient (Wildman–Crippen LogP) is 1.37. The van der Waals surface area contributed by atoms with Gasteiger partial charge in [0.15, 0.2) is 5.17 Å². The summed E-state index contributed by atoms with van der Waals surface area (Å²) in [5, 5.41) is 7.25. The van der Waals surface area contributed by atoms with E-state index in [9.17, 15) is 4.79 Å². The van der Waals surface area contributed by atoms with Crippen molar-refractivity contribution in [1.82, 2.24) is 10.6 Å². The number of nitrogens with one attached hydrogen (secondary N) is 2. The van der Waals surface area contributed by atoms with Crippen LogP contribution in [0.1, 0.15) is 33.6 Å². The van der Waals surface area contributed by atoms with Gasteiger partial charge in [-0.25, -0.2) is 0 Å². The van der Waals surface area contributed by atoms with Gasteiger partial charge in [-0.3, -0.25) is 9.79 Å². The molecular weight excluding hydrogens is 222 g/mol. The van der Waals surface area contributed by atoms with E-state index in [4.69, 9.17) is 0 Å².